The molecule has 2 aliphatic rings. The Morgan fingerprint density at radius 1 is 1.19 bits per heavy atom. The average Bonchev–Trinajstić information content (AvgIpc) is 3.57. The zero-order valence-electron chi connectivity index (χ0n) is 19.5. The number of nitrogens with zero attached hydrogens (tertiary/aromatic N) is 5. The van der Waals surface area contributed by atoms with Gasteiger partial charge in [0.15, 0.2) is 5.69 Å². The van der Waals surface area contributed by atoms with Crippen molar-refractivity contribution in [2.75, 3.05) is 22.9 Å². The summed E-state index contributed by atoms with van der Waals surface area (Å²) >= 11 is 0. The van der Waals surface area contributed by atoms with E-state index in [1.807, 2.05) is 0 Å². The van der Waals surface area contributed by atoms with Crippen molar-refractivity contribution in [2.45, 2.75) is 31.4 Å². The maximum Gasteiger partial charge on any atom is 0.280 e. The summed E-state index contributed by atoms with van der Waals surface area (Å²) in [7, 11) is 1.62. The highest BCUT2D eigenvalue weighted by Crippen LogP contribution is 2.46. The van der Waals surface area contributed by atoms with Crippen LogP contribution in [0.1, 0.15) is 52.8 Å². The van der Waals surface area contributed by atoms with Gasteiger partial charge in [-0.15, -0.1) is 0 Å². The summed E-state index contributed by atoms with van der Waals surface area (Å²) in [5.74, 6) is -3.88. The van der Waals surface area contributed by atoms with Crippen LogP contribution in [0.3, 0.4) is 0 Å². The summed E-state index contributed by atoms with van der Waals surface area (Å²) < 4.78 is 44.7. The van der Waals surface area contributed by atoms with Crippen molar-refractivity contribution in [3.8, 4) is 0 Å². The number of H-pyrrole nitrogens is 1. The van der Waals surface area contributed by atoms with Gasteiger partial charge in [0.25, 0.3) is 11.8 Å². The molecule has 1 saturated heterocycles. The zero-order chi connectivity index (χ0) is 25.4. The van der Waals surface area contributed by atoms with E-state index in [-0.39, 0.29) is 24.2 Å². The van der Waals surface area contributed by atoms with Crippen molar-refractivity contribution < 1.29 is 23.1 Å². The summed E-state index contributed by atoms with van der Waals surface area (Å²) in [5, 5.41) is 14.9. The molecule has 2 aliphatic heterocycles. The average molecular weight is 496 g/mol. The molecule has 2 N–H and O–H groups in total. The first kappa shape index (κ1) is 22.6. The van der Waals surface area contributed by atoms with Gasteiger partial charge in [0, 0.05) is 42.5 Å². The Kier molecular flexibility index (Phi) is 4.91. The minimum absolute atomic E-state index is 0.128. The standard InChI is InChI=1S/C25H23F3N6O2/c1-13(35)22-20-21(31-32(22)2)24(36)34(15-4-6-18-19(10-15)30-12-29-18)23(20)16-5-3-14(9-17(16)26)33-8-7-25(27,28)11-33/h3-6,9-10,12-13,23,35H,7-8,11H2,1-2H3,(H,29,30). The number of amides is 1. The topological polar surface area (TPSA) is 90.3 Å². The number of halogens is 3. The van der Waals surface area contributed by atoms with Crippen molar-refractivity contribution in [1.29, 1.82) is 0 Å². The summed E-state index contributed by atoms with van der Waals surface area (Å²) in [5.41, 5.74) is 3.39. The Bertz CT molecular complexity index is 1510. The molecule has 0 saturated carbocycles. The molecule has 6 rings (SSSR count). The smallest absolute Gasteiger partial charge is 0.280 e. The number of hydrogen-bond acceptors (Lipinski definition) is 5. The van der Waals surface area contributed by atoms with Gasteiger partial charge in [-0.3, -0.25) is 14.4 Å². The van der Waals surface area contributed by atoms with E-state index in [0.29, 0.717) is 33.7 Å². The number of alkyl halides is 2. The van der Waals surface area contributed by atoms with Crippen LogP contribution in [0.4, 0.5) is 24.5 Å². The highest BCUT2D eigenvalue weighted by molar-refractivity contribution is 6.11. The first-order valence-corrected chi connectivity index (χ1v) is 11.6. The van der Waals surface area contributed by atoms with Crippen LogP contribution in [0.15, 0.2) is 42.7 Å². The minimum atomic E-state index is -2.81. The van der Waals surface area contributed by atoms with Crippen molar-refractivity contribution in [1.82, 2.24) is 19.7 Å². The van der Waals surface area contributed by atoms with Crippen molar-refractivity contribution in [2.24, 2.45) is 7.05 Å². The molecule has 186 valence electrons. The van der Waals surface area contributed by atoms with E-state index in [9.17, 15) is 18.7 Å². The number of fused-ring (bicyclic) bond motifs is 2. The largest absolute Gasteiger partial charge is 0.387 e. The van der Waals surface area contributed by atoms with Gasteiger partial charge >= 0.3 is 0 Å². The number of aromatic nitrogens is 4. The van der Waals surface area contributed by atoms with E-state index in [1.54, 1.807) is 44.6 Å². The van der Waals surface area contributed by atoms with E-state index in [0.717, 1.165) is 0 Å². The maximum absolute atomic E-state index is 15.7. The lowest BCUT2D eigenvalue weighted by Crippen LogP contribution is -2.31. The summed E-state index contributed by atoms with van der Waals surface area (Å²) in [6.07, 6.45) is 0.291. The molecule has 1 fully saturated rings. The molecule has 8 nitrogen and oxygen atoms in total. The minimum Gasteiger partial charge on any atom is -0.387 e. The number of nitrogens with one attached hydrogen (secondary N) is 1. The number of anilines is 2. The van der Waals surface area contributed by atoms with Crippen LogP contribution in [0.25, 0.3) is 11.0 Å². The number of carbonyl (C=O) groups is 1. The number of carbonyl (C=O) groups excluding carboxylic acids is 1. The second-order valence-electron chi connectivity index (χ2n) is 9.36. The zero-order valence-corrected chi connectivity index (χ0v) is 19.5. The molecule has 0 aliphatic carbocycles. The number of aliphatic hydroxyl groups excluding tert-OH is 1. The number of aryl methyl sites for hydroxylation is 1. The van der Waals surface area contributed by atoms with Crippen LogP contribution < -0.4 is 9.80 Å². The van der Waals surface area contributed by atoms with Crippen LogP contribution in [-0.2, 0) is 7.05 Å². The molecule has 4 aromatic rings. The van der Waals surface area contributed by atoms with E-state index in [4.69, 9.17) is 0 Å². The van der Waals surface area contributed by atoms with Gasteiger partial charge in [-0.1, -0.05) is 6.07 Å². The Morgan fingerprint density at radius 2 is 1.97 bits per heavy atom. The fraction of sp³-hybridized carbons (Fsp3) is 0.320. The highest BCUT2D eigenvalue weighted by atomic mass is 19.3. The SMILES string of the molecule is CC(O)c1c2c(nn1C)C(=O)N(c1ccc3nc[nH]c3c1)C2c1ccc(N2CCC(F)(F)C2)cc1F. The third-order valence-electron chi connectivity index (χ3n) is 6.97. The predicted molar refractivity (Wildman–Crippen MR) is 127 cm³/mol. The van der Waals surface area contributed by atoms with Crippen molar-refractivity contribution in [3.63, 3.8) is 0 Å². The first-order valence-electron chi connectivity index (χ1n) is 11.6. The van der Waals surface area contributed by atoms with Gasteiger partial charge in [0.1, 0.15) is 5.82 Å². The normalized spacial score (nSPS) is 19.9. The lowest BCUT2D eigenvalue weighted by atomic mass is 9.96. The fourth-order valence-electron chi connectivity index (χ4n) is 5.36. The maximum atomic E-state index is 15.7. The van der Waals surface area contributed by atoms with Crippen LogP contribution in [0.5, 0.6) is 0 Å². The van der Waals surface area contributed by atoms with Gasteiger partial charge < -0.3 is 15.0 Å². The number of rotatable bonds is 4. The fourth-order valence-corrected chi connectivity index (χ4v) is 5.36. The Balaban J connectivity index is 1.50. The van der Waals surface area contributed by atoms with Crippen LogP contribution >= 0.6 is 0 Å². The summed E-state index contributed by atoms with van der Waals surface area (Å²) in [6.45, 7) is 1.22. The number of imidazole rings is 1. The number of benzene rings is 2. The molecule has 2 atom stereocenters. The monoisotopic (exact) mass is 496 g/mol. The molecule has 36 heavy (non-hydrogen) atoms. The number of hydrogen-bond donors (Lipinski definition) is 2. The Morgan fingerprint density at radius 3 is 2.67 bits per heavy atom. The lowest BCUT2D eigenvalue weighted by molar-refractivity contribution is 0.0257. The van der Waals surface area contributed by atoms with Crippen molar-refractivity contribution >= 4 is 28.3 Å². The second-order valence-corrected chi connectivity index (χ2v) is 9.36. The molecular weight excluding hydrogens is 473 g/mol. The van der Waals surface area contributed by atoms with Crippen LogP contribution in [0, 0.1) is 5.82 Å². The second kappa shape index (κ2) is 7.82. The molecular formula is C25H23F3N6O2. The molecule has 0 radical (unpaired) electrons. The summed E-state index contributed by atoms with van der Waals surface area (Å²) in [6, 6.07) is 8.66. The Hall–Kier alpha value is -3.86. The highest BCUT2D eigenvalue weighted by Gasteiger charge is 2.46. The van der Waals surface area contributed by atoms with Crippen molar-refractivity contribution in [3.05, 3.63) is 71.1 Å². The van der Waals surface area contributed by atoms with E-state index < -0.39 is 36.3 Å². The van der Waals surface area contributed by atoms with Gasteiger partial charge in [-0.2, -0.15) is 5.10 Å². The predicted octanol–water partition coefficient (Wildman–Crippen LogP) is 4.08. The first-order chi connectivity index (χ1) is 17.1. The quantitative estimate of drug-likeness (QED) is 0.444. The number of aromatic amines is 1. The lowest BCUT2D eigenvalue weighted by Gasteiger charge is -2.28. The molecule has 2 aromatic heterocycles. The molecule has 0 bridgehead atoms. The third kappa shape index (κ3) is 3.37. The molecule has 1 amide bonds. The molecule has 0 spiro atoms. The van der Waals surface area contributed by atoms with E-state index in [2.05, 4.69) is 15.1 Å². The third-order valence-corrected chi connectivity index (χ3v) is 6.97. The van der Waals surface area contributed by atoms with Gasteiger partial charge in [0.05, 0.1) is 41.7 Å². The number of aliphatic hydroxyl groups is 1. The summed E-state index contributed by atoms with van der Waals surface area (Å²) in [4.78, 5) is 23.8. The van der Waals surface area contributed by atoms with E-state index in [1.165, 1.54) is 26.6 Å². The molecule has 4 heterocycles. The molecule has 11 heteroatoms. The van der Waals surface area contributed by atoms with Gasteiger partial charge in [-0.05, 0) is 37.3 Å². The van der Waals surface area contributed by atoms with Crippen LogP contribution in [0.2, 0.25) is 0 Å². The van der Waals surface area contributed by atoms with E-state index >= 15 is 4.39 Å². The van der Waals surface area contributed by atoms with Gasteiger partial charge in [0.2, 0.25) is 0 Å². The van der Waals surface area contributed by atoms with Gasteiger partial charge in [-0.25, -0.2) is 18.2 Å². The Labute approximate surface area is 204 Å². The molecule has 2 aromatic carbocycles. The van der Waals surface area contributed by atoms with Crippen LogP contribution in [-0.4, -0.2) is 49.8 Å². The molecule has 2 unspecified atom stereocenters.